The fraction of sp³-hybridized carbons (Fsp3) is 0.118. The van der Waals surface area contributed by atoms with Gasteiger partial charge in [0.1, 0.15) is 0 Å². The predicted octanol–water partition coefficient (Wildman–Crippen LogP) is 1.63. The summed E-state index contributed by atoms with van der Waals surface area (Å²) in [5, 5.41) is 15.0. The van der Waals surface area contributed by atoms with E-state index in [1.165, 1.54) is 0 Å². The van der Waals surface area contributed by atoms with Gasteiger partial charge >= 0.3 is 11.8 Å². The van der Waals surface area contributed by atoms with Crippen LogP contribution >= 0.6 is 0 Å². The number of hydrogen-bond donors (Lipinski definition) is 2. The molecule has 0 aliphatic rings. The van der Waals surface area contributed by atoms with Gasteiger partial charge in [0.15, 0.2) is 0 Å². The molecule has 0 bridgehead atoms. The molecule has 0 saturated carbocycles. The van der Waals surface area contributed by atoms with Crippen molar-refractivity contribution in [2.24, 2.45) is 5.10 Å². The van der Waals surface area contributed by atoms with Crippen molar-refractivity contribution in [1.82, 2.24) is 10.4 Å². The minimum atomic E-state index is -0.871. The van der Waals surface area contributed by atoms with Crippen LogP contribution in [0.2, 0.25) is 0 Å². The molecular weight excluding hydrogens is 306 g/mol. The van der Waals surface area contributed by atoms with Crippen LogP contribution in [0.25, 0.3) is 0 Å². The van der Waals surface area contributed by atoms with Gasteiger partial charge in [-0.3, -0.25) is 14.6 Å². The van der Waals surface area contributed by atoms with Crippen molar-refractivity contribution < 1.29 is 9.59 Å². The Balaban J connectivity index is 1.92. The molecule has 0 radical (unpaired) electrons. The SMILES string of the molecule is C/C(=N\NC(=O)C(=O)Nc1ccc(CC#N)cc1)c1ccncc1. The number of rotatable bonds is 4. The van der Waals surface area contributed by atoms with Crippen LogP contribution in [0.1, 0.15) is 18.1 Å². The molecule has 120 valence electrons. The van der Waals surface area contributed by atoms with Crippen molar-refractivity contribution in [3.63, 3.8) is 0 Å². The van der Waals surface area contributed by atoms with Crippen LogP contribution in [0.4, 0.5) is 5.69 Å². The van der Waals surface area contributed by atoms with E-state index < -0.39 is 11.8 Å². The van der Waals surface area contributed by atoms with Gasteiger partial charge in [0.25, 0.3) is 0 Å². The average molecular weight is 321 g/mol. The Labute approximate surface area is 139 Å². The second-order valence-corrected chi connectivity index (χ2v) is 4.86. The van der Waals surface area contributed by atoms with Gasteiger partial charge in [-0.2, -0.15) is 10.4 Å². The smallest absolute Gasteiger partial charge is 0.318 e. The number of pyridine rings is 1. The van der Waals surface area contributed by atoms with Crippen molar-refractivity contribution in [3.05, 3.63) is 59.9 Å². The number of hydrogen-bond acceptors (Lipinski definition) is 5. The highest BCUT2D eigenvalue weighted by molar-refractivity contribution is 6.39. The first-order chi connectivity index (χ1) is 11.6. The van der Waals surface area contributed by atoms with E-state index in [0.717, 1.165) is 11.1 Å². The third-order valence-corrected chi connectivity index (χ3v) is 3.12. The number of nitrogens with one attached hydrogen (secondary N) is 2. The first kappa shape index (κ1) is 16.8. The van der Waals surface area contributed by atoms with Gasteiger partial charge in [0.2, 0.25) is 0 Å². The summed E-state index contributed by atoms with van der Waals surface area (Å²) >= 11 is 0. The fourth-order valence-electron chi connectivity index (χ4n) is 1.83. The number of anilines is 1. The molecule has 2 rings (SSSR count). The predicted molar refractivity (Wildman–Crippen MR) is 89.0 cm³/mol. The van der Waals surface area contributed by atoms with Crippen LogP contribution < -0.4 is 10.7 Å². The van der Waals surface area contributed by atoms with Crippen LogP contribution in [0.15, 0.2) is 53.9 Å². The maximum absolute atomic E-state index is 11.8. The lowest BCUT2D eigenvalue weighted by atomic mass is 10.1. The van der Waals surface area contributed by atoms with Gasteiger partial charge in [-0.05, 0) is 36.8 Å². The number of carbonyl (C=O) groups excluding carboxylic acids is 2. The van der Waals surface area contributed by atoms with Gasteiger partial charge in [-0.25, -0.2) is 5.43 Å². The Kier molecular flexibility index (Phi) is 5.75. The van der Waals surface area contributed by atoms with Crippen molar-refractivity contribution in [3.8, 4) is 6.07 Å². The van der Waals surface area contributed by atoms with Gasteiger partial charge in [0.05, 0.1) is 18.2 Å². The molecule has 0 aliphatic heterocycles. The second-order valence-electron chi connectivity index (χ2n) is 4.86. The molecule has 0 atom stereocenters. The van der Waals surface area contributed by atoms with Crippen LogP contribution in [-0.2, 0) is 16.0 Å². The van der Waals surface area contributed by atoms with Crippen molar-refractivity contribution >= 4 is 23.2 Å². The van der Waals surface area contributed by atoms with Gasteiger partial charge in [0, 0.05) is 23.6 Å². The summed E-state index contributed by atoms with van der Waals surface area (Å²) in [5.41, 5.74) is 4.85. The zero-order valence-corrected chi connectivity index (χ0v) is 13.0. The van der Waals surface area contributed by atoms with Crippen molar-refractivity contribution in [2.45, 2.75) is 13.3 Å². The van der Waals surface area contributed by atoms with E-state index in [4.69, 9.17) is 5.26 Å². The summed E-state index contributed by atoms with van der Waals surface area (Å²) in [4.78, 5) is 27.5. The molecule has 0 saturated heterocycles. The number of benzene rings is 1. The minimum absolute atomic E-state index is 0.289. The molecule has 7 nitrogen and oxygen atoms in total. The standard InChI is InChI=1S/C17H15N5O2/c1-12(14-7-10-19-11-8-14)21-22-17(24)16(23)20-15-4-2-13(3-5-15)6-9-18/h2-5,7-8,10-11H,6H2,1H3,(H,20,23)(H,22,24)/b21-12+. The molecule has 1 aromatic carbocycles. The number of carbonyl (C=O) groups is 2. The quantitative estimate of drug-likeness (QED) is 0.507. The second kappa shape index (κ2) is 8.19. The highest BCUT2D eigenvalue weighted by Gasteiger charge is 2.13. The van der Waals surface area contributed by atoms with E-state index in [1.54, 1.807) is 55.7 Å². The number of hydrazone groups is 1. The zero-order chi connectivity index (χ0) is 17.4. The Morgan fingerprint density at radius 1 is 1.12 bits per heavy atom. The molecule has 1 heterocycles. The third-order valence-electron chi connectivity index (χ3n) is 3.12. The highest BCUT2D eigenvalue weighted by Crippen LogP contribution is 2.09. The number of nitrogens with zero attached hydrogens (tertiary/aromatic N) is 3. The van der Waals surface area contributed by atoms with Crippen LogP contribution in [-0.4, -0.2) is 22.5 Å². The fourth-order valence-corrected chi connectivity index (χ4v) is 1.83. The van der Waals surface area contributed by atoms with E-state index in [2.05, 4.69) is 20.8 Å². The molecule has 1 aromatic heterocycles. The van der Waals surface area contributed by atoms with E-state index in [1.807, 2.05) is 6.07 Å². The van der Waals surface area contributed by atoms with Crippen LogP contribution in [0.5, 0.6) is 0 Å². The van der Waals surface area contributed by atoms with Crippen molar-refractivity contribution in [2.75, 3.05) is 5.32 Å². The maximum Gasteiger partial charge on any atom is 0.329 e. The highest BCUT2D eigenvalue weighted by atomic mass is 16.2. The molecule has 0 fully saturated rings. The molecular formula is C17H15N5O2. The van der Waals surface area contributed by atoms with Gasteiger partial charge in [-0.1, -0.05) is 12.1 Å². The van der Waals surface area contributed by atoms with E-state index >= 15 is 0 Å². The Morgan fingerprint density at radius 2 is 1.79 bits per heavy atom. The monoisotopic (exact) mass is 321 g/mol. The van der Waals surface area contributed by atoms with Crippen LogP contribution in [0.3, 0.4) is 0 Å². The number of amides is 2. The first-order valence-electron chi connectivity index (χ1n) is 7.12. The molecule has 0 aliphatic carbocycles. The molecule has 7 heteroatoms. The summed E-state index contributed by atoms with van der Waals surface area (Å²) in [5.74, 6) is -1.70. The number of nitriles is 1. The molecule has 2 amide bonds. The zero-order valence-electron chi connectivity index (χ0n) is 13.0. The maximum atomic E-state index is 11.8. The van der Waals surface area contributed by atoms with Gasteiger partial charge < -0.3 is 5.32 Å². The number of aromatic nitrogens is 1. The van der Waals surface area contributed by atoms with Gasteiger partial charge in [-0.15, -0.1) is 0 Å². The molecule has 24 heavy (non-hydrogen) atoms. The lowest BCUT2D eigenvalue weighted by molar-refractivity contribution is -0.136. The summed E-state index contributed by atoms with van der Waals surface area (Å²) < 4.78 is 0. The van der Waals surface area contributed by atoms with E-state index in [9.17, 15) is 9.59 Å². The van der Waals surface area contributed by atoms with Crippen molar-refractivity contribution in [1.29, 1.82) is 5.26 Å². The largest absolute Gasteiger partial charge is 0.329 e. The summed E-state index contributed by atoms with van der Waals surface area (Å²) in [6.07, 6.45) is 3.51. The van der Waals surface area contributed by atoms with E-state index in [0.29, 0.717) is 11.4 Å². The normalized spacial score (nSPS) is 10.6. The topological polar surface area (TPSA) is 107 Å². The van der Waals surface area contributed by atoms with E-state index in [-0.39, 0.29) is 6.42 Å². The summed E-state index contributed by atoms with van der Waals surface area (Å²) in [6.45, 7) is 1.71. The lowest BCUT2D eigenvalue weighted by Gasteiger charge is -2.05. The average Bonchev–Trinajstić information content (AvgIpc) is 2.62. The Hall–Kier alpha value is -3.53. The molecule has 2 aromatic rings. The summed E-state index contributed by atoms with van der Waals surface area (Å²) in [7, 11) is 0. The Morgan fingerprint density at radius 3 is 2.42 bits per heavy atom. The molecule has 0 spiro atoms. The third kappa shape index (κ3) is 4.74. The van der Waals surface area contributed by atoms with Crippen LogP contribution in [0, 0.1) is 11.3 Å². The Bertz CT molecular complexity index is 792. The lowest BCUT2D eigenvalue weighted by Crippen LogP contribution is -2.32. The minimum Gasteiger partial charge on any atom is -0.318 e. The summed E-state index contributed by atoms with van der Waals surface area (Å²) in [6, 6.07) is 12.2. The molecule has 2 N–H and O–H groups in total. The molecule has 0 unspecified atom stereocenters. The first-order valence-corrected chi connectivity index (χ1v) is 7.12.